The van der Waals surface area contributed by atoms with Crippen molar-refractivity contribution >= 4 is 17.0 Å². The van der Waals surface area contributed by atoms with Crippen LogP contribution in [0.5, 0.6) is 5.75 Å². The molecule has 0 saturated carbocycles. The molecular formula is C21H16FNO2. The number of methoxy groups -OCH3 is 1. The minimum absolute atomic E-state index is 0.0277. The maximum Gasteiger partial charge on any atom is 0.195 e. The van der Waals surface area contributed by atoms with Crippen LogP contribution in [0.4, 0.5) is 10.1 Å². The molecule has 0 radical (unpaired) electrons. The molecule has 0 bridgehead atoms. The number of rotatable bonds is 3. The molecule has 1 aliphatic heterocycles. The molecule has 4 heteroatoms. The molecule has 0 atom stereocenters. The number of hydrogen-bond donors (Lipinski definition) is 0. The number of fused-ring (bicyclic) bond motifs is 1. The number of allylic oxidation sites excluding steroid dienone is 4. The van der Waals surface area contributed by atoms with Crippen LogP contribution in [-0.4, -0.2) is 19.4 Å². The number of halogens is 1. The second-order valence-electron chi connectivity index (χ2n) is 5.89. The summed E-state index contributed by atoms with van der Waals surface area (Å²) in [5.74, 6) is 0.457. The Balaban J connectivity index is 1.68. The zero-order chi connectivity index (χ0) is 17.4. The minimum Gasteiger partial charge on any atom is -0.497 e. The maximum absolute atomic E-state index is 13.1. The topological polar surface area (TPSA) is 29.5 Å². The van der Waals surface area contributed by atoms with E-state index < -0.39 is 0 Å². The molecule has 0 saturated heterocycles. The number of nitrogens with zero attached hydrogens (tertiary/aromatic N) is 1. The molecule has 0 fully saturated rings. The number of carbonyl (C=O) groups is 1. The minimum atomic E-state index is -0.311. The van der Waals surface area contributed by atoms with Gasteiger partial charge < -0.3 is 9.64 Å². The van der Waals surface area contributed by atoms with Gasteiger partial charge in [-0.2, -0.15) is 0 Å². The van der Waals surface area contributed by atoms with E-state index in [1.54, 1.807) is 19.2 Å². The van der Waals surface area contributed by atoms with Crippen molar-refractivity contribution < 1.29 is 13.9 Å². The Morgan fingerprint density at radius 1 is 0.960 bits per heavy atom. The Hall–Kier alpha value is -3.14. The quantitative estimate of drug-likeness (QED) is 0.846. The highest BCUT2D eigenvalue weighted by molar-refractivity contribution is 6.32. The fourth-order valence-corrected chi connectivity index (χ4v) is 3.17. The summed E-state index contributed by atoms with van der Waals surface area (Å²) in [5, 5.41) is 0. The van der Waals surface area contributed by atoms with Crippen LogP contribution in [0, 0.1) is 5.82 Å². The Kier molecular flexibility index (Phi) is 3.73. The molecule has 4 rings (SSSR count). The second kappa shape index (κ2) is 6.06. The normalized spacial score (nSPS) is 16.2. The van der Waals surface area contributed by atoms with Crippen LogP contribution < -0.4 is 9.64 Å². The van der Waals surface area contributed by atoms with Crippen molar-refractivity contribution in [1.82, 2.24) is 0 Å². The van der Waals surface area contributed by atoms with E-state index in [9.17, 15) is 9.18 Å². The molecule has 124 valence electrons. The van der Waals surface area contributed by atoms with Gasteiger partial charge in [0.05, 0.1) is 12.8 Å². The van der Waals surface area contributed by atoms with Crippen LogP contribution in [0.2, 0.25) is 0 Å². The molecule has 0 amide bonds. The molecule has 2 aromatic carbocycles. The Bertz CT molecular complexity index is 921. The SMILES string of the molecule is COc1ccc(N2CC=C3C(=O)C(c4ccc(F)cc4)=CC=C32)cc1. The summed E-state index contributed by atoms with van der Waals surface area (Å²) < 4.78 is 18.3. The molecule has 2 aromatic rings. The fourth-order valence-electron chi connectivity index (χ4n) is 3.17. The standard InChI is InChI=1S/C21H16FNO2/c1-25-17-8-6-16(7-9-17)23-13-12-19-20(23)11-10-18(21(19)24)14-2-4-15(22)5-3-14/h2-12H,13H2,1H3. The molecular weight excluding hydrogens is 317 g/mol. The first-order valence-corrected chi connectivity index (χ1v) is 8.02. The van der Waals surface area contributed by atoms with Crippen LogP contribution in [0.15, 0.2) is 78.0 Å². The van der Waals surface area contributed by atoms with E-state index in [2.05, 4.69) is 4.90 Å². The summed E-state index contributed by atoms with van der Waals surface area (Å²) in [6, 6.07) is 13.8. The Morgan fingerprint density at radius 3 is 2.36 bits per heavy atom. The van der Waals surface area contributed by atoms with Gasteiger partial charge in [0.25, 0.3) is 0 Å². The smallest absolute Gasteiger partial charge is 0.195 e. The van der Waals surface area contributed by atoms with Gasteiger partial charge in [-0.05, 0) is 54.1 Å². The predicted molar refractivity (Wildman–Crippen MR) is 95.9 cm³/mol. The molecule has 3 nitrogen and oxygen atoms in total. The van der Waals surface area contributed by atoms with Crippen molar-refractivity contribution in [3.8, 4) is 5.75 Å². The van der Waals surface area contributed by atoms with Gasteiger partial charge >= 0.3 is 0 Å². The number of benzene rings is 2. The summed E-state index contributed by atoms with van der Waals surface area (Å²) in [6.07, 6.45) is 5.70. The lowest BCUT2D eigenvalue weighted by Crippen LogP contribution is -2.21. The predicted octanol–water partition coefficient (Wildman–Crippen LogP) is 4.13. The average molecular weight is 333 g/mol. The third kappa shape index (κ3) is 2.66. The van der Waals surface area contributed by atoms with Crippen molar-refractivity contribution in [2.45, 2.75) is 0 Å². The molecule has 1 aliphatic carbocycles. The molecule has 0 N–H and O–H groups in total. The van der Waals surface area contributed by atoms with Crippen molar-refractivity contribution in [3.63, 3.8) is 0 Å². The van der Waals surface area contributed by atoms with E-state index in [-0.39, 0.29) is 11.6 Å². The third-order valence-electron chi connectivity index (χ3n) is 4.48. The first kappa shape index (κ1) is 15.4. The summed E-state index contributed by atoms with van der Waals surface area (Å²) >= 11 is 0. The Labute approximate surface area is 145 Å². The number of carbonyl (C=O) groups excluding carboxylic acids is 1. The molecule has 1 heterocycles. The maximum atomic E-state index is 13.1. The number of hydrogen-bond acceptors (Lipinski definition) is 3. The van der Waals surface area contributed by atoms with Gasteiger partial charge in [-0.25, -0.2) is 4.39 Å². The van der Waals surface area contributed by atoms with Crippen molar-refractivity contribution in [2.75, 3.05) is 18.6 Å². The third-order valence-corrected chi connectivity index (χ3v) is 4.48. The lowest BCUT2D eigenvalue weighted by atomic mass is 9.91. The lowest BCUT2D eigenvalue weighted by molar-refractivity contribution is -0.110. The zero-order valence-corrected chi connectivity index (χ0v) is 13.7. The van der Waals surface area contributed by atoms with Crippen LogP contribution in [-0.2, 0) is 4.79 Å². The zero-order valence-electron chi connectivity index (χ0n) is 13.7. The van der Waals surface area contributed by atoms with Crippen LogP contribution in [0.3, 0.4) is 0 Å². The highest BCUT2D eigenvalue weighted by atomic mass is 19.1. The largest absolute Gasteiger partial charge is 0.497 e. The van der Waals surface area contributed by atoms with E-state index >= 15 is 0 Å². The first-order valence-electron chi connectivity index (χ1n) is 8.02. The first-order chi connectivity index (χ1) is 12.2. The van der Waals surface area contributed by atoms with Crippen molar-refractivity contribution in [3.05, 3.63) is 89.4 Å². The van der Waals surface area contributed by atoms with Gasteiger partial charge in [0.15, 0.2) is 5.78 Å². The van der Waals surface area contributed by atoms with Gasteiger partial charge in [-0.1, -0.05) is 18.2 Å². The molecule has 0 unspecified atom stereocenters. The number of ether oxygens (including phenoxy) is 1. The molecule has 25 heavy (non-hydrogen) atoms. The highest BCUT2D eigenvalue weighted by Crippen LogP contribution is 2.36. The molecule has 2 aliphatic rings. The summed E-state index contributed by atoms with van der Waals surface area (Å²) in [6.45, 7) is 0.643. The van der Waals surface area contributed by atoms with Gasteiger partial charge in [0.2, 0.25) is 0 Å². The van der Waals surface area contributed by atoms with E-state index in [1.807, 2.05) is 42.5 Å². The van der Waals surface area contributed by atoms with Gasteiger partial charge in [-0.3, -0.25) is 4.79 Å². The monoisotopic (exact) mass is 333 g/mol. The van der Waals surface area contributed by atoms with Gasteiger partial charge in [0, 0.05) is 23.4 Å². The van der Waals surface area contributed by atoms with E-state index in [1.165, 1.54) is 12.1 Å². The van der Waals surface area contributed by atoms with Gasteiger partial charge in [-0.15, -0.1) is 0 Å². The van der Waals surface area contributed by atoms with Crippen LogP contribution in [0.25, 0.3) is 5.57 Å². The van der Waals surface area contributed by atoms with E-state index in [0.29, 0.717) is 17.7 Å². The van der Waals surface area contributed by atoms with Gasteiger partial charge in [0.1, 0.15) is 11.6 Å². The van der Waals surface area contributed by atoms with Crippen molar-refractivity contribution in [2.24, 2.45) is 0 Å². The van der Waals surface area contributed by atoms with Crippen molar-refractivity contribution in [1.29, 1.82) is 0 Å². The molecule has 0 spiro atoms. The number of Topliss-reactive ketones (excluding diaryl/α,β-unsaturated/α-hetero) is 1. The van der Waals surface area contributed by atoms with Crippen LogP contribution in [0.1, 0.15) is 5.56 Å². The summed E-state index contributed by atoms with van der Waals surface area (Å²) in [7, 11) is 1.63. The summed E-state index contributed by atoms with van der Waals surface area (Å²) in [4.78, 5) is 14.9. The van der Waals surface area contributed by atoms with Crippen LogP contribution >= 0.6 is 0 Å². The number of anilines is 1. The Morgan fingerprint density at radius 2 is 1.68 bits per heavy atom. The van der Waals surface area contributed by atoms with E-state index in [0.717, 1.165) is 22.7 Å². The lowest BCUT2D eigenvalue weighted by Gasteiger charge is -2.24. The average Bonchev–Trinajstić information content (AvgIpc) is 3.08. The van der Waals surface area contributed by atoms with E-state index in [4.69, 9.17) is 4.74 Å². The second-order valence-corrected chi connectivity index (χ2v) is 5.89. The fraction of sp³-hybridized carbons (Fsp3) is 0.0952. The highest BCUT2D eigenvalue weighted by Gasteiger charge is 2.30. The molecule has 0 aromatic heterocycles. The number of ketones is 1. The summed E-state index contributed by atoms with van der Waals surface area (Å²) in [5.41, 5.74) is 3.90.